The molecule has 2 saturated carbocycles. The lowest BCUT2D eigenvalue weighted by atomic mass is 9.63. The summed E-state index contributed by atoms with van der Waals surface area (Å²) in [6.07, 6.45) is 9.67. The third-order valence-electron chi connectivity index (χ3n) is 6.64. The topological polar surface area (TPSA) is 54.4 Å². The van der Waals surface area contributed by atoms with Gasteiger partial charge in [-0.1, -0.05) is 58.8 Å². The fraction of sp³-hybridized carbons (Fsp3) is 1.00. The Balaban J connectivity index is 2.00. The molecule has 0 aromatic carbocycles. The molecule has 128 valence electrons. The molecule has 1 aliphatic heterocycles. The van der Waals surface area contributed by atoms with Crippen molar-refractivity contribution in [1.29, 1.82) is 0 Å². The molecular weight excluding hydrogens is 296 g/mol. The van der Waals surface area contributed by atoms with E-state index in [4.69, 9.17) is 0 Å². The van der Waals surface area contributed by atoms with Crippen molar-refractivity contribution in [2.24, 2.45) is 23.2 Å². The second kappa shape index (κ2) is 6.08. The maximum atomic E-state index is 12.9. The molecule has 0 spiro atoms. The van der Waals surface area contributed by atoms with Crippen LogP contribution in [0.4, 0.5) is 0 Å². The van der Waals surface area contributed by atoms with E-state index in [1.165, 1.54) is 32.1 Å². The fourth-order valence-corrected chi connectivity index (χ4v) is 8.40. The second-order valence-electron chi connectivity index (χ2n) is 8.70. The van der Waals surface area contributed by atoms with E-state index in [0.717, 1.165) is 25.7 Å². The minimum atomic E-state index is -3.09. The van der Waals surface area contributed by atoms with Gasteiger partial charge in [0.2, 0.25) is 0 Å². The quantitative estimate of drug-likeness (QED) is 0.801. The first-order valence-electron chi connectivity index (χ1n) is 9.22. The summed E-state index contributed by atoms with van der Waals surface area (Å²) in [5.74, 6) is 1.07. The predicted octanol–water partition coefficient (Wildman–Crippen LogP) is 3.56. The zero-order chi connectivity index (χ0) is 16.0. The number of hydrogen-bond acceptors (Lipinski definition) is 3. The van der Waals surface area contributed by atoms with E-state index in [9.17, 15) is 13.5 Å². The average Bonchev–Trinajstić information content (AvgIpc) is 2.53. The molecule has 3 aliphatic rings. The molecule has 3 rings (SSSR count). The van der Waals surface area contributed by atoms with Crippen LogP contribution in [0.15, 0.2) is 0 Å². The van der Waals surface area contributed by atoms with Gasteiger partial charge >= 0.3 is 0 Å². The van der Waals surface area contributed by atoms with Crippen LogP contribution in [0.25, 0.3) is 0 Å². The van der Waals surface area contributed by atoms with Gasteiger partial charge < -0.3 is 5.11 Å². The minimum Gasteiger partial charge on any atom is -0.392 e. The second-order valence-corrected chi connectivity index (χ2v) is 10.9. The van der Waals surface area contributed by atoms with Gasteiger partial charge in [0.15, 0.2) is 9.84 Å². The van der Waals surface area contributed by atoms with Crippen LogP contribution in [0, 0.1) is 23.2 Å². The van der Waals surface area contributed by atoms with Crippen LogP contribution >= 0.6 is 0 Å². The lowest BCUT2D eigenvalue weighted by Gasteiger charge is -2.44. The van der Waals surface area contributed by atoms with E-state index in [-0.39, 0.29) is 22.8 Å². The number of aliphatic hydroxyl groups is 1. The van der Waals surface area contributed by atoms with Crippen LogP contribution in [0.3, 0.4) is 0 Å². The summed E-state index contributed by atoms with van der Waals surface area (Å²) in [5, 5.41) is 10.9. The highest BCUT2D eigenvalue weighted by molar-refractivity contribution is 7.92. The van der Waals surface area contributed by atoms with E-state index in [0.29, 0.717) is 5.92 Å². The highest BCUT2D eigenvalue weighted by Gasteiger charge is 2.53. The van der Waals surface area contributed by atoms with E-state index >= 15 is 0 Å². The van der Waals surface area contributed by atoms with Crippen molar-refractivity contribution in [3.05, 3.63) is 0 Å². The first kappa shape index (κ1) is 16.8. The van der Waals surface area contributed by atoms with E-state index < -0.39 is 21.4 Å². The lowest BCUT2D eigenvalue weighted by Crippen LogP contribution is -2.45. The number of sulfone groups is 1. The number of aliphatic hydroxyl groups excluding tert-OH is 1. The molecule has 0 bridgehead atoms. The Labute approximate surface area is 135 Å². The van der Waals surface area contributed by atoms with Crippen molar-refractivity contribution in [3.8, 4) is 0 Å². The van der Waals surface area contributed by atoms with Crippen LogP contribution in [-0.4, -0.2) is 30.6 Å². The molecule has 0 aromatic rings. The zero-order valence-corrected chi connectivity index (χ0v) is 14.9. The highest BCUT2D eigenvalue weighted by Crippen LogP contribution is 2.50. The largest absolute Gasteiger partial charge is 0.392 e. The molecule has 4 atom stereocenters. The summed E-state index contributed by atoms with van der Waals surface area (Å²) in [7, 11) is -3.09. The first-order chi connectivity index (χ1) is 10.3. The standard InChI is InChI=1S/C18H32O3S/c1-18(2)12-22(20,21)15-11-7-6-10-14(15)16(17(18)19)13-8-4-3-5-9-13/h13-17,19H,3-12H2,1-2H3/t14?,15?,16-,17-/m1/s1. The molecule has 1 N–H and O–H groups in total. The normalized spacial score (nSPS) is 42.3. The van der Waals surface area contributed by atoms with Crippen LogP contribution < -0.4 is 0 Å². The minimum absolute atomic E-state index is 0.158. The Morgan fingerprint density at radius 1 is 0.909 bits per heavy atom. The smallest absolute Gasteiger partial charge is 0.154 e. The van der Waals surface area contributed by atoms with Crippen LogP contribution in [0.5, 0.6) is 0 Å². The maximum absolute atomic E-state index is 12.9. The SMILES string of the molecule is CC1(C)CS(=O)(=O)C2CCCCC2[C@@H](C2CCCCC2)[C@H]1O. The van der Waals surface area contributed by atoms with Gasteiger partial charge in [0.25, 0.3) is 0 Å². The molecule has 1 saturated heterocycles. The van der Waals surface area contributed by atoms with Crippen molar-refractivity contribution >= 4 is 9.84 Å². The number of rotatable bonds is 1. The Morgan fingerprint density at radius 3 is 2.18 bits per heavy atom. The Bertz CT molecular complexity index is 490. The molecule has 2 unspecified atom stereocenters. The lowest BCUT2D eigenvalue weighted by molar-refractivity contribution is -0.0441. The molecule has 22 heavy (non-hydrogen) atoms. The Morgan fingerprint density at radius 2 is 1.50 bits per heavy atom. The third-order valence-corrected chi connectivity index (χ3v) is 9.30. The molecular formula is C18H32O3S. The van der Waals surface area contributed by atoms with Gasteiger partial charge in [0, 0.05) is 5.41 Å². The summed E-state index contributed by atoms with van der Waals surface area (Å²) in [5.41, 5.74) is -0.516. The summed E-state index contributed by atoms with van der Waals surface area (Å²) in [4.78, 5) is 0. The van der Waals surface area contributed by atoms with Gasteiger partial charge in [-0.2, -0.15) is 0 Å². The van der Waals surface area contributed by atoms with E-state index in [1.54, 1.807) is 0 Å². The fourth-order valence-electron chi connectivity index (χ4n) is 5.60. The van der Waals surface area contributed by atoms with Crippen molar-refractivity contribution in [1.82, 2.24) is 0 Å². The summed E-state index contributed by atoms with van der Waals surface area (Å²) in [6, 6.07) is 0. The number of hydrogen-bond donors (Lipinski definition) is 1. The molecule has 1 heterocycles. The van der Waals surface area contributed by atoms with Crippen LogP contribution in [-0.2, 0) is 9.84 Å². The average molecular weight is 329 g/mol. The van der Waals surface area contributed by atoms with Crippen molar-refractivity contribution in [3.63, 3.8) is 0 Å². The molecule has 4 heteroatoms. The van der Waals surface area contributed by atoms with Gasteiger partial charge in [-0.3, -0.25) is 0 Å². The van der Waals surface area contributed by atoms with Gasteiger partial charge in [-0.15, -0.1) is 0 Å². The Hall–Kier alpha value is -0.0900. The molecule has 3 nitrogen and oxygen atoms in total. The summed E-state index contributed by atoms with van der Waals surface area (Å²) < 4.78 is 25.8. The van der Waals surface area contributed by atoms with Gasteiger partial charge in [0.1, 0.15) is 0 Å². The van der Waals surface area contributed by atoms with E-state index in [1.807, 2.05) is 13.8 Å². The molecule has 3 fully saturated rings. The highest BCUT2D eigenvalue weighted by atomic mass is 32.2. The molecule has 2 aliphatic carbocycles. The maximum Gasteiger partial charge on any atom is 0.154 e. The molecule has 0 radical (unpaired) electrons. The van der Waals surface area contributed by atoms with Gasteiger partial charge in [-0.25, -0.2) is 8.42 Å². The van der Waals surface area contributed by atoms with Crippen LogP contribution in [0.1, 0.15) is 71.6 Å². The molecule has 0 amide bonds. The summed E-state index contributed by atoms with van der Waals surface area (Å²) in [6.45, 7) is 3.92. The Kier molecular flexibility index (Phi) is 4.63. The third kappa shape index (κ3) is 2.98. The predicted molar refractivity (Wildman–Crippen MR) is 89.4 cm³/mol. The van der Waals surface area contributed by atoms with Gasteiger partial charge in [-0.05, 0) is 30.6 Å². The monoisotopic (exact) mass is 328 g/mol. The molecule has 0 aromatic heterocycles. The summed E-state index contributed by atoms with van der Waals surface area (Å²) >= 11 is 0. The zero-order valence-electron chi connectivity index (χ0n) is 14.1. The van der Waals surface area contributed by atoms with Gasteiger partial charge in [0.05, 0.1) is 17.1 Å². The first-order valence-corrected chi connectivity index (χ1v) is 10.9. The van der Waals surface area contributed by atoms with Crippen molar-refractivity contribution in [2.75, 3.05) is 5.75 Å². The number of fused-ring (bicyclic) bond motifs is 1. The van der Waals surface area contributed by atoms with Crippen molar-refractivity contribution < 1.29 is 13.5 Å². The van der Waals surface area contributed by atoms with Crippen molar-refractivity contribution in [2.45, 2.75) is 83.0 Å². The van der Waals surface area contributed by atoms with Crippen LogP contribution in [0.2, 0.25) is 0 Å². The van der Waals surface area contributed by atoms with E-state index in [2.05, 4.69) is 0 Å².